The minimum absolute atomic E-state index is 0. The molecule has 0 aliphatic carbocycles. The Bertz CT molecular complexity index is 3720. The van der Waals surface area contributed by atoms with E-state index in [0.717, 1.165) is 66.9 Å². The maximum Gasteiger partial charge on any atom is 0.268 e. The third kappa shape index (κ3) is 6.23. The summed E-state index contributed by atoms with van der Waals surface area (Å²) in [5.41, 5.74) is 12.2. The molecule has 0 unspecified atom stereocenters. The number of pyridine rings is 1. The minimum Gasteiger partial charge on any atom is -0.510 e. The van der Waals surface area contributed by atoms with Crippen LogP contribution in [0.1, 0.15) is 77.9 Å². The molecule has 1 aliphatic heterocycles. The molecule has 66 heavy (non-hydrogen) atoms. The second-order valence-corrected chi connectivity index (χ2v) is 20.0. The van der Waals surface area contributed by atoms with Crippen LogP contribution >= 0.6 is 0 Å². The van der Waals surface area contributed by atoms with E-state index in [4.69, 9.17) is 14.7 Å². The van der Waals surface area contributed by atoms with Crippen molar-refractivity contribution in [1.29, 1.82) is 0 Å². The van der Waals surface area contributed by atoms with E-state index in [9.17, 15) is 0 Å². The van der Waals surface area contributed by atoms with Gasteiger partial charge in [-0.25, -0.2) is 9.97 Å². The van der Waals surface area contributed by atoms with Gasteiger partial charge < -0.3 is 13.9 Å². The molecule has 4 aromatic heterocycles. The summed E-state index contributed by atoms with van der Waals surface area (Å²) in [5, 5.41) is 4.64. The van der Waals surface area contributed by atoms with Crippen LogP contribution in [0.5, 0.6) is 11.5 Å². The maximum absolute atomic E-state index is 6.72. The average molecular weight is 1040 g/mol. The largest absolute Gasteiger partial charge is 0.510 e. The van der Waals surface area contributed by atoms with Crippen LogP contribution in [0, 0.1) is 18.5 Å². The Kier molecular flexibility index (Phi) is 9.42. The summed E-state index contributed by atoms with van der Waals surface area (Å²) >= 11 is 0. The molecule has 0 N–H and O–H groups in total. The maximum atomic E-state index is 6.72. The first-order valence-corrected chi connectivity index (χ1v) is 22.4. The number of aromatic nitrogens is 6. The molecule has 12 rings (SSSR count). The zero-order valence-corrected chi connectivity index (χ0v) is 40.5. The molecule has 8 heteroatoms. The number of hydrogen-bond donors (Lipinski definition) is 0. The minimum atomic E-state index is -0.347. The van der Waals surface area contributed by atoms with Crippen molar-refractivity contribution in [3.05, 3.63) is 187 Å². The topological polar surface area (TPSA) is 53.7 Å². The summed E-state index contributed by atoms with van der Waals surface area (Å²) < 4.78 is 15.6. The Labute approximate surface area is 399 Å². The van der Waals surface area contributed by atoms with Crippen LogP contribution in [-0.4, -0.2) is 23.7 Å². The first-order valence-electron chi connectivity index (χ1n) is 22.4. The third-order valence-electron chi connectivity index (χ3n) is 13.3. The van der Waals surface area contributed by atoms with E-state index in [1.54, 1.807) is 0 Å². The molecule has 0 bridgehead atoms. The molecule has 0 fully saturated rings. The van der Waals surface area contributed by atoms with Crippen LogP contribution in [0.4, 0.5) is 0 Å². The van der Waals surface area contributed by atoms with Gasteiger partial charge in [-0.15, -0.1) is 29.7 Å². The molecule has 0 saturated heterocycles. The molecule has 5 heterocycles. The molecule has 0 radical (unpaired) electrons. The standard InChI is InChI=1S/C58H48N6O.Pt/c1-56(2,3)43-23-16-24-44(57(4,5)6)53(43)62-35-61(46-26-11-12-27-47(46)62)37-19-15-20-38(33-37)65-39-29-30-41-40-21-9-10-25-45(40)63(50(41)34-39)54-52-49(31-32-59-54)64-48-28-14-18-36-17-13-22-42(51(36)48)58(7,8)55(64)60-52;/h9-32H,1-8H3;/q-2;. The van der Waals surface area contributed by atoms with Crippen LogP contribution in [0.3, 0.4) is 0 Å². The summed E-state index contributed by atoms with van der Waals surface area (Å²) in [6.45, 7) is 18.2. The summed E-state index contributed by atoms with van der Waals surface area (Å²) in [7, 11) is 0. The Morgan fingerprint density at radius 2 is 1.30 bits per heavy atom. The van der Waals surface area contributed by atoms with Gasteiger partial charge in [-0.3, -0.25) is 9.13 Å². The zero-order valence-electron chi connectivity index (χ0n) is 38.3. The van der Waals surface area contributed by atoms with E-state index in [-0.39, 0.29) is 37.3 Å². The second-order valence-electron chi connectivity index (χ2n) is 20.0. The van der Waals surface area contributed by atoms with Crippen molar-refractivity contribution < 1.29 is 30.4 Å². The quantitative estimate of drug-likeness (QED) is 0.127. The van der Waals surface area contributed by atoms with Crippen molar-refractivity contribution in [2.45, 2.75) is 71.6 Å². The fourth-order valence-electron chi connectivity index (χ4n) is 10.3. The Balaban J connectivity index is 0.00000481. The normalized spacial score (nSPS) is 13.5. The first kappa shape index (κ1) is 41.9. The summed E-state index contributed by atoms with van der Waals surface area (Å²) in [6.07, 6.45) is 5.67. The van der Waals surface area contributed by atoms with Gasteiger partial charge in [0, 0.05) is 55.1 Å². The smallest absolute Gasteiger partial charge is 0.268 e. The molecule has 0 amide bonds. The van der Waals surface area contributed by atoms with E-state index in [2.05, 4.69) is 213 Å². The van der Waals surface area contributed by atoms with Crippen molar-refractivity contribution in [1.82, 2.24) is 23.7 Å². The molecule has 0 atom stereocenters. The Hall–Kier alpha value is -6.82. The predicted molar refractivity (Wildman–Crippen MR) is 262 cm³/mol. The van der Waals surface area contributed by atoms with Crippen molar-refractivity contribution in [2.24, 2.45) is 0 Å². The van der Waals surface area contributed by atoms with E-state index < -0.39 is 0 Å². The van der Waals surface area contributed by atoms with Gasteiger partial charge in [-0.2, -0.15) is 18.2 Å². The van der Waals surface area contributed by atoms with Gasteiger partial charge in [0.25, 0.3) is 6.33 Å². The van der Waals surface area contributed by atoms with Gasteiger partial charge in [0.1, 0.15) is 11.3 Å². The van der Waals surface area contributed by atoms with E-state index >= 15 is 0 Å². The number of para-hydroxylation sites is 4. The number of benzene rings is 7. The number of ether oxygens (including phenoxy) is 1. The monoisotopic (exact) mass is 1040 g/mol. The zero-order chi connectivity index (χ0) is 44.6. The first-order chi connectivity index (χ1) is 31.3. The molecular weight excluding hydrogens is 992 g/mol. The molecular formula is C58H48N6OPt-2. The van der Waals surface area contributed by atoms with E-state index in [1.807, 2.05) is 24.4 Å². The average Bonchev–Trinajstić information content (AvgIpc) is 3.98. The van der Waals surface area contributed by atoms with Gasteiger partial charge in [-0.05, 0) is 76.0 Å². The summed E-state index contributed by atoms with van der Waals surface area (Å²) in [6, 6.07) is 56.3. The van der Waals surface area contributed by atoms with Gasteiger partial charge in [0.2, 0.25) is 0 Å². The van der Waals surface area contributed by atoms with Crippen LogP contribution in [0.15, 0.2) is 146 Å². The number of fused-ring (bicyclic) bond motifs is 8. The van der Waals surface area contributed by atoms with Crippen LogP contribution in [0.2, 0.25) is 0 Å². The number of imidazole rings is 2. The van der Waals surface area contributed by atoms with Crippen molar-refractivity contribution >= 4 is 54.6 Å². The molecule has 1 aliphatic rings. The SMILES string of the molecule is CC(C)(C)c1cccc(C(C)(C)C)c1-[n+]1[c-]n(-c2[c-]c(Oc3[c-]c4c(cc3)c3ccccc3n4-c3nccc4c3nc3n4-c4cccc5cccc(c45)C3(C)C)ccc2)c2ccccc21.[Pt]. The van der Waals surface area contributed by atoms with E-state index in [1.165, 1.54) is 33.2 Å². The number of hydrogen-bond acceptors (Lipinski definition) is 3. The molecule has 0 saturated carbocycles. The fourth-order valence-corrected chi connectivity index (χ4v) is 10.3. The van der Waals surface area contributed by atoms with Gasteiger partial charge in [0.05, 0.1) is 27.9 Å². The van der Waals surface area contributed by atoms with Gasteiger partial charge in [0.15, 0.2) is 5.82 Å². The van der Waals surface area contributed by atoms with Gasteiger partial charge >= 0.3 is 0 Å². The number of rotatable bonds is 5. The molecule has 11 aromatic rings. The summed E-state index contributed by atoms with van der Waals surface area (Å²) in [5.74, 6) is 2.88. The van der Waals surface area contributed by atoms with Crippen molar-refractivity contribution in [2.75, 3.05) is 0 Å². The second kappa shape index (κ2) is 14.8. The molecule has 0 spiro atoms. The predicted octanol–water partition coefficient (Wildman–Crippen LogP) is 13.3. The Morgan fingerprint density at radius 3 is 2.08 bits per heavy atom. The van der Waals surface area contributed by atoms with Crippen molar-refractivity contribution in [3.8, 4) is 34.4 Å². The fraction of sp³-hybridized carbons (Fsp3) is 0.190. The molecule has 328 valence electrons. The summed E-state index contributed by atoms with van der Waals surface area (Å²) in [4.78, 5) is 10.6. The van der Waals surface area contributed by atoms with Crippen LogP contribution in [0.25, 0.3) is 77.5 Å². The molecule has 7 nitrogen and oxygen atoms in total. The van der Waals surface area contributed by atoms with Crippen LogP contribution in [-0.2, 0) is 37.3 Å². The van der Waals surface area contributed by atoms with E-state index in [0.29, 0.717) is 11.5 Å². The molecule has 7 aromatic carbocycles. The van der Waals surface area contributed by atoms with Crippen molar-refractivity contribution in [3.63, 3.8) is 0 Å². The Morgan fingerprint density at radius 1 is 0.621 bits per heavy atom. The third-order valence-corrected chi connectivity index (χ3v) is 13.3. The van der Waals surface area contributed by atoms with Crippen LogP contribution < -0.4 is 9.30 Å². The van der Waals surface area contributed by atoms with Gasteiger partial charge in [-0.1, -0.05) is 138 Å². The number of nitrogens with zero attached hydrogens (tertiary/aromatic N) is 6.